The van der Waals surface area contributed by atoms with Crippen LogP contribution < -0.4 is 10.1 Å². The lowest BCUT2D eigenvalue weighted by Gasteiger charge is -2.02. The van der Waals surface area contributed by atoms with Gasteiger partial charge in [0.2, 0.25) is 5.88 Å². The van der Waals surface area contributed by atoms with Crippen molar-refractivity contribution in [3.63, 3.8) is 0 Å². The summed E-state index contributed by atoms with van der Waals surface area (Å²) < 4.78 is 9.16. The van der Waals surface area contributed by atoms with Crippen molar-refractivity contribution < 1.29 is 4.74 Å². The van der Waals surface area contributed by atoms with Crippen LogP contribution in [0.4, 0.5) is 0 Å². The molecule has 1 N–H and O–H groups in total. The summed E-state index contributed by atoms with van der Waals surface area (Å²) in [4.78, 5) is 6.65. The van der Waals surface area contributed by atoms with E-state index in [1.807, 2.05) is 13.8 Å². The third-order valence-electron chi connectivity index (χ3n) is 2.44. The van der Waals surface area contributed by atoms with Crippen molar-refractivity contribution in [3.8, 4) is 5.88 Å². The Morgan fingerprint density at radius 1 is 1.28 bits per heavy atom. The van der Waals surface area contributed by atoms with Crippen molar-refractivity contribution in [1.29, 1.82) is 0 Å². The van der Waals surface area contributed by atoms with Gasteiger partial charge in [-0.3, -0.25) is 0 Å². The lowest BCUT2D eigenvalue weighted by molar-refractivity contribution is 0.402. The van der Waals surface area contributed by atoms with Gasteiger partial charge in [-0.15, -0.1) is 11.3 Å². The van der Waals surface area contributed by atoms with Crippen LogP contribution in [0.3, 0.4) is 0 Å². The van der Waals surface area contributed by atoms with Crippen LogP contribution in [0.2, 0.25) is 5.02 Å². The molecule has 0 aliphatic heterocycles. The van der Waals surface area contributed by atoms with Crippen molar-refractivity contribution >= 4 is 34.5 Å². The Morgan fingerprint density at radius 3 is 2.56 bits per heavy atom. The highest BCUT2D eigenvalue weighted by Gasteiger charge is 2.12. The monoisotopic (exact) mass is 303 g/mol. The van der Waals surface area contributed by atoms with Gasteiger partial charge >= 0.3 is 0 Å². The van der Waals surface area contributed by atoms with E-state index in [0.29, 0.717) is 17.4 Å². The molecule has 0 bridgehead atoms. The molecule has 7 heteroatoms. The van der Waals surface area contributed by atoms with Crippen LogP contribution in [0.5, 0.6) is 5.88 Å². The molecule has 0 unspecified atom stereocenters. The van der Waals surface area contributed by atoms with E-state index in [0.717, 1.165) is 22.1 Å². The fraction of sp³-hybridized carbons (Fsp3) is 0.455. The molecule has 2 heterocycles. The molecule has 0 aliphatic rings. The number of nitrogens with one attached hydrogen (secondary N) is 1. The van der Waals surface area contributed by atoms with Gasteiger partial charge in [-0.1, -0.05) is 11.6 Å². The van der Waals surface area contributed by atoms with Gasteiger partial charge in [0.1, 0.15) is 5.02 Å². The van der Waals surface area contributed by atoms with Gasteiger partial charge in [0.25, 0.3) is 0 Å². The van der Waals surface area contributed by atoms with Crippen molar-refractivity contribution in [3.05, 3.63) is 25.5 Å². The highest BCUT2D eigenvalue weighted by atomic mass is 35.5. The number of thiazole rings is 1. The van der Waals surface area contributed by atoms with Crippen molar-refractivity contribution in [2.75, 3.05) is 7.11 Å². The van der Waals surface area contributed by atoms with E-state index in [1.54, 1.807) is 18.4 Å². The summed E-state index contributed by atoms with van der Waals surface area (Å²) in [6, 6.07) is 0. The first-order valence-electron chi connectivity index (χ1n) is 5.43. The van der Waals surface area contributed by atoms with E-state index >= 15 is 0 Å². The van der Waals surface area contributed by atoms with E-state index in [-0.39, 0.29) is 0 Å². The molecule has 4 nitrogen and oxygen atoms in total. The lowest BCUT2D eigenvalue weighted by atomic mass is 10.4. The maximum absolute atomic E-state index is 6.11. The molecule has 0 spiro atoms. The second-order valence-corrected chi connectivity index (χ2v) is 6.30. The minimum Gasteiger partial charge on any atom is -0.479 e. The van der Waals surface area contributed by atoms with Crippen molar-refractivity contribution in [2.45, 2.75) is 26.9 Å². The number of methoxy groups -OCH3 is 1. The number of hydrogen-bond acceptors (Lipinski definition) is 6. The number of nitrogens with zero attached hydrogens (tertiary/aromatic N) is 2. The Balaban J connectivity index is 1.92. The Kier molecular flexibility index (Phi) is 4.55. The molecular weight excluding hydrogens is 290 g/mol. The molecule has 0 saturated heterocycles. The zero-order chi connectivity index (χ0) is 13.1. The molecule has 2 aromatic rings. The highest BCUT2D eigenvalue weighted by Crippen LogP contribution is 2.30. The summed E-state index contributed by atoms with van der Waals surface area (Å²) in [5.41, 5.74) is 1.10. The van der Waals surface area contributed by atoms with Gasteiger partial charge in [-0.05, 0) is 25.4 Å². The molecule has 0 amide bonds. The number of hydrogen-bond donors (Lipinski definition) is 1. The fourth-order valence-corrected chi connectivity index (χ4v) is 3.50. The van der Waals surface area contributed by atoms with E-state index in [9.17, 15) is 0 Å². The van der Waals surface area contributed by atoms with E-state index in [2.05, 4.69) is 14.7 Å². The van der Waals surface area contributed by atoms with Crippen LogP contribution in [0.25, 0.3) is 0 Å². The first-order chi connectivity index (χ1) is 8.61. The Hall–Kier alpha value is -0.690. The molecule has 0 fully saturated rings. The Morgan fingerprint density at radius 2 is 2.00 bits per heavy atom. The van der Waals surface area contributed by atoms with E-state index in [4.69, 9.17) is 16.3 Å². The van der Waals surface area contributed by atoms with Crippen LogP contribution in [-0.2, 0) is 13.1 Å². The average molecular weight is 304 g/mol. The standard InChI is InChI=1S/C11H14ClN3OS2/c1-6-8(17-7(2)14-6)4-13-5-9-10(12)11(16-3)15-18-9/h13H,4-5H2,1-3H3. The van der Waals surface area contributed by atoms with Crippen LogP contribution in [0, 0.1) is 13.8 Å². The number of ether oxygens (including phenoxy) is 1. The van der Waals surface area contributed by atoms with Crippen molar-refractivity contribution in [1.82, 2.24) is 14.7 Å². The average Bonchev–Trinajstić information content (AvgIpc) is 2.83. The Labute approximate surface area is 119 Å². The minimum absolute atomic E-state index is 0.503. The summed E-state index contributed by atoms with van der Waals surface area (Å²) in [7, 11) is 1.57. The summed E-state index contributed by atoms with van der Waals surface area (Å²) in [6.45, 7) is 5.54. The molecular formula is C11H14ClN3OS2. The summed E-state index contributed by atoms with van der Waals surface area (Å²) >= 11 is 9.20. The largest absolute Gasteiger partial charge is 0.479 e. The third-order valence-corrected chi connectivity index (χ3v) is 4.84. The second kappa shape index (κ2) is 5.97. The Bertz CT molecular complexity index is 538. The molecule has 98 valence electrons. The van der Waals surface area contributed by atoms with Gasteiger partial charge in [-0.25, -0.2) is 4.98 Å². The number of aromatic nitrogens is 2. The quantitative estimate of drug-likeness (QED) is 0.921. The smallest absolute Gasteiger partial charge is 0.244 e. The maximum Gasteiger partial charge on any atom is 0.244 e. The minimum atomic E-state index is 0.503. The van der Waals surface area contributed by atoms with Gasteiger partial charge in [0.15, 0.2) is 0 Å². The van der Waals surface area contributed by atoms with Crippen LogP contribution >= 0.6 is 34.5 Å². The normalized spacial score (nSPS) is 10.9. The third kappa shape index (κ3) is 3.00. The molecule has 0 aliphatic carbocycles. The zero-order valence-electron chi connectivity index (χ0n) is 10.4. The summed E-state index contributed by atoms with van der Waals surface area (Å²) in [5.74, 6) is 0.503. The number of halogens is 1. The van der Waals surface area contributed by atoms with Gasteiger partial charge < -0.3 is 10.1 Å². The first kappa shape index (κ1) is 13.7. The molecule has 2 rings (SSSR count). The summed E-state index contributed by atoms with van der Waals surface area (Å²) in [6.07, 6.45) is 0. The highest BCUT2D eigenvalue weighted by molar-refractivity contribution is 7.11. The predicted octanol–water partition coefficient (Wildman–Crippen LogP) is 3.17. The molecule has 0 aromatic carbocycles. The van der Waals surface area contributed by atoms with Crippen LogP contribution in [0.15, 0.2) is 0 Å². The zero-order valence-corrected chi connectivity index (χ0v) is 12.8. The van der Waals surface area contributed by atoms with E-state index in [1.165, 1.54) is 16.4 Å². The van der Waals surface area contributed by atoms with E-state index < -0.39 is 0 Å². The first-order valence-corrected chi connectivity index (χ1v) is 7.40. The SMILES string of the molecule is COc1nsc(CNCc2sc(C)nc2C)c1Cl. The number of aryl methyl sites for hydroxylation is 2. The maximum atomic E-state index is 6.11. The van der Waals surface area contributed by atoms with Gasteiger partial charge in [-0.2, -0.15) is 4.37 Å². The molecule has 2 aromatic heterocycles. The van der Waals surface area contributed by atoms with Crippen LogP contribution in [0.1, 0.15) is 20.5 Å². The second-order valence-electron chi connectivity index (χ2n) is 3.77. The number of rotatable bonds is 5. The lowest BCUT2D eigenvalue weighted by Crippen LogP contribution is -2.11. The van der Waals surface area contributed by atoms with Crippen LogP contribution in [-0.4, -0.2) is 16.5 Å². The predicted molar refractivity (Wildman–Crippen MR) is 75.8 cm³/mol. The molecule has 0 atom stereocenters. The topological polar surface area (TPSA) is 47.0 Å². The molecule has 0 saturated carbocycles. The molecule has 18 heavy (non-hydrogen) atoms. The van der Waals surface area contributed by atoms with Gasteiger partial charge in [0, 0.05) is 18.0 Å². The molecule has 0 radical (unpaired) electrons. The fourth-order valence-electron chi connectivity index (χ4n) is 1.56. The van der Waals surface area contributed by atoms with Crippen molar-refractivity contribution in [2.24, 2.45) is 0 Å². The van der Waals surface area contributed by atoms with Gasteiger partial charge in [0.05, 0.1) is 22.7 Å². The summed E-state index contributed by atoms with van der Waals surface area (Å²) in [5, 5.41) is 5.05.